The van der Waals surface area contributed by atoms with Crippen molar-refractivity contribution >= 4 is 11.6 Å². The Labute approximate surface area is 103 Å². The molecule has 86 valence electrons. The van der Waals surface area contributed by atoms with Gasteiger partial charge < -0.3 is 4.74 Å². The Kier molecular flexibility index (Phi) is 3.58. The summed E-state index contributed by atoms with van der Waals surface area (Å²) < 4.78 is 7.14. The Hall–Kier alpha value is -2.06. The maximum atomic E-state index is 8.69. The monoisotopic (exact) mass is 248 g/mol. The summed E-state index contributed by atoms with van der Waals surface area (Å²) in [5.41, 5.74) is 0.513. The van der Waals surface area contributed by atoms with Crippen molar-refractivity contribution in [2.75, 3.05) is 6.61 Å². The molecule has 0 atom stereocenters. The molecule has 5 nitrogen and oxygen atoms in total. The molecule has 0 aliphatic rings. The van der Waals surface area contributed by atoms with Gasteiger partial charge in [0.25, 0.3) is 0 Å². The van der Waals surface area contributed by atoms with E-state index in [1.807, 2.05) is 6.07 Å². The molecule has 1 heterocycles. The fourth-order valence-corrected chi connectivity index (χ4v) is 1.52. The zero-order valence-corrected chi connectivity index (χ0v) is 9.63. The number of rotatable bonds is 4. The predicted octanol–water partition coefficient (Wildman–Crippen LogP) is 1.88. The summed E-state index contributed by atoms with van der Waals surface area (Å²) in [6.07, 6.45) is 3.08. The number of benzene rings is 1. The summed E-state index contributed by atoms with van der Waals surface area (Å²) in [7, 11) is 0. The van der Waals surface area contributed by atoms with E-state index in [0.717, 1.165) is 0 Å². The highest BCUT2D eigenvalue weighted by molar-refractivity contribution is 6.32. The van der Waals surface area contributed by atoms with Crippen molar-refractivity contribution in [3.8, 4) is 11.8 Å². The minimum atomic E-state index is 0.433. The molecule has 17 heavy (non-hydrogen) atoms. The second kappa shape index (κ2) is 5.32. The van der Waals surface area contributed by atoms with Crippen molar-refractivity contribution in [2.45, 2.75) is 6.54 Å². The molecule has 0 fully saturated rings. The first kappa shape index (κ1) is 11.4. The van der Waals surface area contributed by atoms with Crippen LogP contribution in [0.1, 0.15) is 5.56 Å². The largest absolute Gasteiger partial charge is 0.490 e. The third-order valence-electron chi connectivity index (χ3n) is 2.11. The van der Waals surface area contributed by atoms with Gasteiger partial charge in [0, 0.05) is 0 Å². The molecule has 2 rings (SSSR count). The Morgan fingerprint density at radius 2 is 2.35 bits per heavy atom. The van der Waals surface area contributed by atoms with E-state index in [1.165, 1.54) is 6.33 Å². The van der Waals surface area contributed by atoms with Crippen molar-refractivity contribution in [3.05, 3.63) is 41.4 Å². The van der Waals surface area contributed by atoms with Crippen molar-refractivity contribution < 1.29 is 4.74 Å². The number of ether oxygens (including phenoxy) is 1. The van der Waals surface area contributed by atoms with Gasteiger partial charge in [-0.3, -0.25) is 0 Å². The lowest BCUT2D eigenvalue weighted by molar-refractivity contribution is 0.291. The van der Waals surface area contributed by atoms with E-state index in [4.69, 9.17) is 21.6 Å². The number of halogens is 1. The standard InChI is InChI=1S/C11H9ClN4O/c12-10-5-9(6-13)1-2-11(10)17-4-3-16-8-14-7-15-16/h1-2,5,7-8H,3-4H2. The lowest BCUT2D eigenvalue weighted by Crippen LogP contribution is -2.08. The average Bonchev–Trinajstić information content (AvgIpc) is 2.84. The maximum Gasteiger partial charge on any atom is 0.138 e. The third kappa shape index (κ3) is 2.95. The van der Waals surface area contributed by atoms with E-state index < -0.39 is 0 Å². The molecular weight excluding hydrogens is 240 g/mol. The van der Waals surface area contributed by atoms with Gasteiger partial charge in [0.05, 0.1) is 23.2 Å². The zero-order valence-electron chi connectivity index (χ0n) is 8.88. The van der Waals surface area contributed by atoms with Crippen molar-refractivity contribution in [3.63, 3.8) is 0 Å². The second-order valence-corrected chi connectivity index (χ2v) is 3.67. The molecule has 0 unspecified atom stereocenters. The molecule has 2 aromatic rings. The average molecular weight is 249 g/mol. The Balaban J connectivity index is 1.93. The Bertz CT molecular complexity index is 533. The van der Waals surface area contributed by atoms with Gasteiger partial charge in [0.2, 0.25) is 0 Å². The zero-order chi connectivity index (χ0) is 12.1. The molecule has 0 saturated heterocycles. The molecule has 0 amide bonds. The topological polar surface area (TPSA) is 63.7 Å². The molecule has 0 spiro atoms. The minimum Gasteiger partial charge on any atom is -0.490 e. The molecule has 0 saturated carbocycles. The van der Waals surface area contributed by atoms with Gasteiger partial charge in [0.15, 0.2) is 0 Å². The van der Waals surface area contributed by atoms with Crippen molar-refractivity contribution in [1.82, 2.24) is 14.8 Å². The van der Waals surface area contributed by atoms with Crippen LogP contribution in [0.4, 0.5) is 0 Å². The first-order valence-corrected chi connectivity index (χ1v) is 5.32. The molecule has 1 aromatic carbocycles. The van der Waals surface area contributed by atoms with Gasteiger partial charge in [-0.25, -0.2) is 9.67 Å². The number of hydrogen-bond acceptors (Lipinski definition) is 4. The van der Waals surface area contributed by atoms with Crippen LogP contribution in [0.2, 0.25) is 5.02 Å². The smallest absolute Gasteiger partial charge is 0.138 e. The number of nitriles is 1. The van der Waals surface area contributed by atoms with E-state index in [0.29, 0.717) is 29.5 Å². The highest BCUT2D eigenvalue weighted by atomic mass is 35.5. The molecule has 0 radical (unpaired) electrons. The summed E-state index contributed by atoms with van der Waals surface area (Å²) in [6, 6.07) is 6.93. The summed E-state index contributed by atoms with van der Waals surface area (Å²) in [5.74, 6) is 0.561. The Morgan fingerprint density at radius 3 is 3.00 bits per heavy atom. The predicted molar refractivity (Wildman–Crippen MR) is 61.7 cm³/mol. The van der Waals surface area contributed by atoms with Gasteiger partial charge in [-0.05, 0) is 18.2 Å². The number of nitrogens with zero attached hydrogens (tertiary/aromatic N) is 4. The van der Waals surface area contributed by atoms with Gasteiger partial charge >= 0.3 is 0 Å². The van der Waals surface area contributed by atoms with E-state index in [9.17, 15) is 0 Å². The SMILES string of the molecule is N#Cc1ccc(OCCn2cncn2)c(Cl)c1. The first-order valence-electron chi connectivity index (χ1n) is 4.94. The molecule has 0 N–H and O–H groups in total. The van der Waals surface area contributed by atoms with Crippen molar-refractivity contribution in [1.29, 1.82) is 5.26 Å². The highest BCUT2D eigenvalue weighted by Crippen LogP contribution is 2.25. The summed E-state index contributed by atoms with van der Waals surface area (Å²) in [5, 5.41) is 13.1. The highest BCUT2D eigenvalue weighted by Gasteiger charge is 2.02. The molecule has 1 aromatic heterocycles. The first-order chi connectivity index (χ1) is 8.29. The van der Waals surface area contributed by atoms with Crippen LogP contribution >= 0.6 is 11.6 Å². The Morgan fingerprint density at radius 1 is 1.47 bits per heavy atom. The van der Waals surface area contributed by atoms with Gasteiger partial charge in [-0.1, -0.05) is 11.6 Å². The van der Waals surface area contributed by atoms with Crippen molar-refractivity contribution in [2.24, 2.45) is 0 Å². The molecule has 6 heteroatoms. The summed E-state index contributed by atoms with van der Waals surface area (Å²) in [6.45, 7) is 1.03. The lowest BCUT2D eigenvalue weighted by Gasteiger charge is -2.07. The van der Waals surface area contributed by atoms with Gasteiger partial charge in [0.1, 0.15) is 25.0 Å². The molecule has 0 aliphatic heterocycles. The van der Waals surface area contributed by atoms with Crippen LogP contribution < -0.4 is 4.74 Å². The van der Waals surface area contributed by atoms with Gasteiger partial charge in [-0.15, -0.1) is 0 Å². The van der Waals surface area contributed by atoms with Crippen LogP contribution in [0, 0.1) is 11.3 Å². The van der Waals surface area contributed by atoms with Crippen LogP contribution in [0.5, 0.6) is 5.75 Å². The van der Waals surface area contributed by atoms with Crippen LogP contribution in [-0.4, -0.2) is 21.4 Å². The second-order valence-electron chi connectivity index (χ2n) is 3.26. The lowest BCUT2D eigenvalue weighted by atomic mass is 10.2. The fraction of sp³-hybridized carbons (Fsp3) is 0.182. The van der Waals surface area contributed by atoms with E-state index in [-0.39, 0.29) is 0 Å². The molecule has 0 aliphatic carbocycles. The summed E-state index contributed by atoms with van der Waals surface area (Å²) in [4.78, 5) is 3.82. The number of hydrogen-bond donors (Lipinski definition) is 0. The van der Waals surface area contributed by atoms with Crippen LogP contribution in [-0.2, 0) is 6.54 Å². The van der Waals surface area contributed by atoms with Crippen LogP contribution in [0.3, 0.4) is 0 Å². The van der Waals surface area contributed by atoms with Crippen LogP contribution in [0.25, 0.3) is 0 Å². The third-order valence-corrected chi connectivity index (χ3v) is 2.40. The van der Waals surface area contributed by atoms with E-state index in [2.05, 4.69) is 10.1 Å². The quantitative estimate of drug-likeness (QED) is 0.829. The van der Waals surface area contributed by atoms with Gasteiger partial charge in [-0.2, -0.15) is 10.4 Å². The van der Waals surface area contributed by atoms with E-state index >= 15 is 0 Å². The molecular formula is C11H9ClN4O. The van der Waals surface area contributed by atoms with E-state index in [1.54, 1.807) is 29.2 Å². The fourth-order valence-electron chi connectivity index (χ4n) is 1.28. The number of aromatic nitrogens is 3. The maximum absolute atomic E-state index is 8.69. The van der Waals surface area contributed by atoms with Crippen LogP contribution in [0.15, 0.2) is 30.9 Å². The minimum absolute atomic E-state index is 0.433. The summed E-state index contributed by atoms with van der Waals surface area (Å²) >= 11 is 5.96. The molecule has 0 bridgehead atoms. The normalized spacial score (nSPS) is 9.88.